The highest BCUT2D eigenvalue weighted by molar-refractivity contribution is 7.98. The second-order valence-electron chi connectivity index (χ2n) is 3.82. The highest BCUT2D eigenvalue weighted by Crippen LogP contribution is 2.24. The van der Waals surface area contributed by atoms with Gasteiger partial charge in [-0.2, -0.15) is 11.8 Å². The molecular formula is C10H21NS. The van der Waals surface area contributed by atoms with Crippen LogP contribution in [0.1, 0.15) is 32.6 Å². The molecule has 2 atom stereocenters. The van der Waals surface area contributed by atoms with Gasteiger partial charge in [-0.3, -0.25) is 0 Å². The van der Waals surface area contributed by atoms with E-state index in [0.717, 1.165) is 12.0 Å². The van der Waals surface area contributed by atoms with E-state index in [9.17, 15) is 0 Å². The largest absolute Gasteiger partial charge is 0.314 e. The van der Waals surface area contributed by atoms with Crippen molar-refractivity contribution in [3.63, 3.8) is 0 Å². The number of nitrogens with one attached hydrogen (secondary N) is 1. The predicted molar refractivity (Wildman–Crippen MR) is 57.8 cm³/mol. The maximum absolute atomic E-state index is 3.65. The lowest BCUT2D eigenvalue weighted by Gasteiger charge is -2.16. The van der Waals surface area contributed by atoms with Crippen LogP contribution < -0.4 is 5.32 Å². The third-order valence-corrected chi connectivity index (χ3v) is 3.49. The Hall–Kier alpha value is 0.310. The highest BCUT2D eigenvalue weighted by atomic mass is 32.2. The van der Waals surface area contributed by atoms with Gasteiger partial charge >= 0.3 is 0 Å². The van der Waals surface area contributed by atoms with E-state index in [1.165, 1.54) is 38.0 Å². The first kappa shape index (κ1) is 10.4. The van der Waals surface area contributed by atoms with Gasteiger partial charge in [0.05, 0.1) is 0 Å². The second kappa shape index (κ2) is 5.87. The van der Waals surface area contributed by atoms with Gasteiger partial charge < -0.3 is 5.32 Å². The predicted octanol–water partition coefficient (Wildman–Crippen LogP) is 2.52. The van der Waals surface area contributed by atoms with Crippen LogP contribution in [0.2, 0.25) is 0 Å². The molecule has 0 saturated heterocycles. The Kier molecular flexibility index (Phi) is 5.08. The maximum Gasteiger partial charge on any atom is 0.00926 e. The molecule has 1 saturated carbocycles. The summed E-state index contributed by atoms with van der Waals surface area (Å²) in [5, 5.41) is 3.65. The third-order valence-electron chi connectivity index (χ3n) is 2.79. The molecule has 0 aromatic heterocycles. The molecule has 0 heterocycles. The average molecular weight is 187 g/mol. The minimum atomic E-state index is 0.826. The molecule has 1 rings (SSSR count). The van der Waals surface area contributed by atoms with Crippen LogP contribution in [0.3, 0.4) is 0 Å². The lowest BCUT2D eigenvalue weighted by atomic mass is 10.1. The molecule has 1 fully saturated rings. The molecule has 12 heavy (non-hydrogen) atoms. The molecule has 0 aromatic rings. The van der Waals surface area contributed by atoms with Gasteiger partial charge in [-0.15, -0.1) is 0 Å². The van der Waals surface area contributed by atoms with Crippen molar-refractivity contribution in [3.05, 3.63) is 0 Å². The van der Waals surface area contributed by atoms with E-state index in [1.807, 2.05) is 11.8 Å². The van der Waals surface area contributed by atoms with E-state index in [1.54, 1.807) is 0 Å². The van der Waals surface area contributed by atoms with Crippen LogP contribution in [0.4, 0.5) is 0 Å². The molecule has 1 nitrogen and oxygen atoms in total. The monoisotopic (exact) mass is 187 g/mol. The molecule has 0 spiro atoms. The first-order chi connectivity index (χ1) is 5.84. The highest BCUT2D eigenvalue weighted by Gasteiger charge is 2.21. The van der Waals surface area contributed by atoms with Crippen molar-refractivity contribution in [2.75, 3.05) is 18.6 Å². The van der Waals surface area contributed by atoms with E-state index < -0.39 is 0 Å². The Bertz CT molecular complexity index is 116. The molecule has 0 aromatic carbocycles. The van der Waals surface area contributed by atoms with Crippen LogP contribution >= 0.6 is 11.8 Å². The summed E-state index contributed by atoms with van der Waals surface area (Å²) >= 11 is 1.94. The summed E-state index contributed by atoms with van der Waals surface area (Å²) in [6, 6.07) is 0.826. The zero-order valence-corrected chi connectivity index (χ0v) is 9.12. The summed E-state index contributed by atoms with van der Waals surface area (Å²) in [6.07, 6.45) is 7.77. The standard InChI is InChI=1S/C10H21NS/c1-9-5-3-6-10(9)11-7-4-8-12-2/h9-11H,3-8H2,1-2H3. The summed E-state index contributed by atoms with van der Waals surface area (Å²) < 4.78 is 0. The zero-order valence-electron chi connectivity index (χ0n) is 8.31. The molecule has 0 aliphatic heterocycles. The summed E-state index contributed by atoms with van der Waals surface area (Å²) in [6.45, 7) is 3.59. The average Bonchev–Trinajstić information content (AvgIpc) is 2.46. The Morgan fingerprint density at radius 2 is 2.25 bits per heavy atom. The van der Waals surface area contributed by atoms with Gasteiger partial charge in [0.1, 0.15) is 0 Å². The second-order valence-corrected chi connectivity index (χ2v) is 4.80. The molecule has 1 N–H and O–H groups in total. The van der Waals surface area contributed by atoms with Gasteiger partial charge in [0.25, 0.3) is 0 Å². The van der Waals surface area contributed by atoms with E-state index in [-0.39, 0.29) is 0 Å². The fraction of sp³-hybridized carbons (Fsp3) is 1.00. The summed E-state index contributed by atoms with van der Waals surface area (Å²) in [4.78, 5) is 0. The normalized spacial score (nSPS) is 29.5. The van der Waals surface area contributed by atoms with E-state index >= 15 is 0 Å². The lowest BCUT2D eigenvalue weighted by Crippen LogP contribution is -2.32. The molecule has 1 aliphatic rings. The zero-order chi connectivity index (χ0) is 8.81. The fourth-order valence-electron chi connectivity index (χ4n) is 1.95. The minimum Gasteiger partial charge on any atom is -0.314 e. The molecule has 72 valence electrons. The molecule has 2 unspecified atom stereocenters. The summed E-state index contributed by atoms with van der Waals surface area (Å²) in [7, 11) is 0. The van der Waals surface area contributed by atoms with Crippen molar-refractivity contribution in [2.24, 2.45) is 5.92 Å². The first-order valence-corrected chi connectivity index (χ1v) is 6.46. The Balaban J connectivity index is 1.98. The first-order valence-electron chi connectivity index (χ1n) is 5.07. The van der Waals surface area contributed by atoms with E-state index in [4.69, 9.17) is 0 Å². The topological polar surface area (TPSA) is 12.0 Å². The molecule has 0 amide bonds. The minimum absolute atomic E-state index is 0.826. The number of rotatable bonds is 5. The molecule has 0 bridgehead atoms. The van der Waals surface area contributed by atoms with Crippen molar-refractivity contribution in [1.29, 1.82) is 0 Å². The maximum atomic E-state index is 3.65. The Labute approximate surface area is 80.7 Å². The van der Waals surface area contributed by atoms with Crippen LogP contribution in [0.5, 0.6) is 0 Å². The van der Waals surface area contributed by atoms with Crippen LogP contribution in [-0.2, 0) is 0 Å². The van der Waals surface area contributed by atoms with Gasteiger partial charge in [-0.25, -0.2) is 0 Å². The quantitative estimate of drug-likeness (QED) is 0.664. The molecule has 2 heteroatoms. The van der Waals surface area contributed by atoms with E-state index in [2.05, 4.69) is 18.5 Å². The van der Waals surface area contributed by atoms with Crippen molar-refractivity contribution >= 4 is 11.8 Å². The van der Waals surface area contributed by atoms with Crippen molar-refractivity contribution in [2.45, 2.75) is 38.6 Å². The van der Waals surface area contributed by atoms with Gasteiger partial charge in [0, 0.05) is 6.04 Å². The molecular weight excluding hydrogens is 166 g/mol. The summed E-state index contributed by atoms with van der Waals surface area (Å²) in [5.41, 5.74) is 0. The van der Waals surface area contributed by atoms with Gasteiger partial charge in [0.2, 0.25) is 0 Å². The molecule has 1 aliphatic carbocycles. The fourth-order valence-corrected chi connectivity index (χ4v) is 2.39. The van der Waals surface area contributed by atoms with E-state index in [0.29, 0.717) is 0 Å². The van der Waals surface area contributed by atoms with Crippen molar-refractivity contribution < 1.29 is 0 Å². The summed E-state index contributed by atoms with van der Waals surface area (Å²) in [5.74, 6) is 2.22. The van der Waals surface area contributed by atoms with Crippen molar-refractivity contribution in [3.8, 4) is 0 Å². The SMILES string of the molecule is CSCCCNC1CCCC1C. The Morgan fingerprint density at radius 1 is 1.42 bits per heavy atom. The smallest absolute Gasteiger partial charge is 0.00926 e. The van der Waals surface area contributed by atoms with Crippen molar-refractivity contribution in [1.82, 2.24) is 5.32 Å². The van der Waals surface area contributed by atoms with Crippen LogP contribution in [0.25, 0.3) is 0 Å². The molecule has 0 radical (unpaired) electrons. The third kappa shape index (κ3) is 3.36. The number of hydrogen-bond acceptors (Lipinski definition) is 2. The Morgan fingerprint density at radius 3 is 2.83 bits per heavy atom. The van der Waals surface area contributed by atoms with Gasteiger partial charge in [-0.05, 0) is 43.7 Å². The van der Waals surface area contributed by atoms with Crippen LogP contribution in [-0.4, -0.2) is 24.6 Å². The lowest BCUT2D eigenvalue weighted by molar-refractivity contribution is 0.428. The van der Waals surface area contributed by atoms with Crippen LogP contribution in [0.15, 0.2) is 0 Å². The number of thioether (sulfide) groups is 1. The van der Waals surface area contributed by atoms with Gasteiger partial charge in [-0.1, -0.05) is 13.3 Å². The van der Waals surface area contributed by atoms with Crippen LogP contribution in [0, 0.1) is 5.92 Å². The van der Waals surface area contributed by atoms with Gasteiger partial charge in [0.15, 0.2) is 0 Å². The number of hydrogen-bond donors (Lipinski definition) is 1.